The summed E-state index contributed by atoms with van der Waals surface area (Å²) in [7, 11) is 0. The Morgan fingerprint density at radius 3 is 2.53 bits per heavy atom. The third-order valence-electron chi connectivity index (χ3n) is 6.06. The van der Waals surface area contributed by atoms with Crippen molar-refractivity contribution in [2.45, 2.75) is 36.0 Å². The Kier molecular flexibility index (Phi) is 6.75. The van der Waals surface area contributed by atoms with E-state index in [1.807, 2.05) is 47.4 Å². The molecule has 2 aliphatic heterocycles. The SMILES string of the molecule is O=C(CCC(=O)N1CCSc2ccccc21)NCC1(c2ccccc2)CCOCC1. The van der Waals surface area contributed by atoms with E-state index in [4.69, 9.17) is 4.74 Å². The van der Waals surface area contributed by atoms with Gasteiger partial charge in [-0.15, -0.1) is 11.8 Å². The smallest absolute Gasteiger partial charge is 0.227 e. The number of benzene rings is 2. The van der Waals surface area contributed by atoms with Gasteiger partial charge in [0.05, 0.1) is 5.69 Å². The van der Waals surface area contributed by atoms with E-state index in [9.17, 15) is 9.59 Å². The summed E-state index contributed by atoms with van der Waals surface area (Å²) in [5.74, 6) is 0.836. The monoisotopic (exact) mass is 424 g/mol. The number of fused-ring (bicyclic) bond motifs is 1. The fraction of sp³-hybridized carbons (Fsp3) is 0.417. The lowest BCUT2D eigenvalue weighted by atomic mass is 9.74. The van der Waals surface area contributed by atoms with Gasteiger partial charge in [-0.25, -0.2) is 0 Å². The highest BCUT2D eigenvalue weighted by atomic mass is 32.2. The van der Waals surface area contributed by atoms with Gasteiger partial charge in [-0.3, -0.25) is 9.59 Å². The minimum atomic E-state index is -0.0950. The van der Waals surface area contributed by atoms with Crippen LogP contribution in [0.2, 0.25) is 0 Å². The van der Waals surface area contributed by atoms with Gasteiger partial charge in [0.15, 0.2) is 0 Å². The minimum absolute atomic E-state index is 0.0155. The van der Waals surface area contributed by atoms with Crippen LogP contribution >= 0.6 is 11.8 Å². The van der Waals surface area contributed by atoms with Gasteiger partial charge in [0.1, 0.15) is 0 Å². The Labute approximate surface area is 182 Å². The molecule has 2 aromatic rings. The van der Waals surface area contributed by atoms with Gasteiger partial charge < -0.3 is 15.0 Å². The number of nitrogens with one attached hydrogen (secondary N) is 1. The number of nitrogens with zero attached hydrogens (tertiary/aromatic N) is 1. The van der Waals surface area contributed by atoms with Crippen LogP contribution in [0.4, 0.5) is 5.69 Å². The number of anilines is 1. The topological polar surface area (TPSA) is 58.6 Å². The number of carbonyl (C=O) groups excluding carboxylic acids is 2. The average Bonchev–Trinajstić information content (AvgIpc) is 2.82. The maximum Gasteiger partial charge on any atom is 0.227 e. The lowest BCUT2D eigenvalue weighted by Crippen LogP contribution is -2.44. The van der Waals surface area contributed by atoms with Crippen molar-refractivity contribution >= 4 is 29.3 Å². The minimum Gasteiger partial charge on any atom is -0.381 e. The predicted molar refractivity (Wildman–Crippen MR) is 120 cm³/mol. The molecule has 6 heteroatoms. The number of ether oxygens (including phenoxy) is 1. The number of amides is 2. The van der Waals surface area contributed by atoms with Gasteiger partial charge >= 0.3 is 0 Å². The Morgan fingerprint density at radius 1 is 1.00 bits per heavy atom. The molecule has 2 heterocycles. The van der Waals surface area contributed by atoms with Crippen LogP contribution in [0.5, 0.6) is 0 Å². The second-order valence-corrected chi connectivity index (χ2v) is 9.03. The van der Waals surface area contributed by atoms with Gasteiger partial charge in [-0.2, -0.15) is 0 Å². The van der Waals surface area contributed by atoms with E-state index in [0.717, 1.165) is 29.2 Å². The molecule has 0 aromatic heterocycles. The van der Waals surface area contributed by atoms with Crippen LogP contribution in [0.15, 0.2) is 59.5 Å². The molecule has 0 spiro atoms. The zero-order chi connectivity index (χ0) is 20.8. The zero-order valence-corrected chi connectivity index (χ0v) is 18.0. The maximum absolute atomic E-state index is 12.8. The van der Waals surface area contributed by atoms with Crippen molar-refractivity contribution < 1.29 is 14.3 Å². The fourth-order valence-electron chi connectivity index (χ4n) is 4.26. The van der Waals surface area contributed by atoms with E-state index in [-0.39, 0.29) is 30.1 Å². The number of rotatable bonds is 6. The molecule has 0 bridgehead atoms. The van der Waals surface area contributed by atoms with E-state index >= 15 is 0 Å². The van der Waals surface area contributed by atoms with Crippen LogP contribution in [0.1, 0.15) is 31.2 Å². The van der Waals surface area contributed by atoms with Crippen molar-refractivity contribution in [1.29, 1.82) is 0 Å². The number of hydrogen-bond donors (Lipinski definition) is 1. The first kappa shape index (κ1) is 20.9. The Hall–Kier alpha value is -2.31. The molecule has 0 aliphatic carbocycles. The van der Waals surface area contributed by atoms with Crippen LogP contribution < -0.4 is 10.2 Å². The molecule has 2 aliphatic rings. The van der Waals surface area contributed by atoms with E-state index in [1.54, 1.807) is 11.8 Å². The maximum atomic E-state index is 12.8. The van der Waals surface area contributed by atoms with Crippen LogP contribution in [0.25, 0.3) is 0 Å². The number of hydrogen-bond acceptors (Lipinski definition) is 4. The summed E-state index contributed by atoms with van der Waals surface area (Å²) in [6.07, 6.45) is 2.22. The first-order valence-corrected chi connectivity index (χ1v) is 11.6. The van der Waals surface area contributed by atoms with E-state index in [2.05, 4.69) is 17.4 Å². The second-order valence-electron chi connectivity index (χ2n) is 7.90. The first-order chi connectivity index (χ1) is 14.7. The summed E-state index contributed by atoms with van der Waals surface area (Å²) >= 11 is 1.77. The molecule has 5 nitrogen and oxygen atoms in total. The Balaban J connectivity index is 1.33. The molecule has 0 atom stereocenters. The lowest BCUT2D eigenvalue weighted by molar-refractivity contribution is -0.125. The third kappa shape index (κ3) is 4.71. The molecule has 0 radical (unpaired) electrons. The quantitative estimate of drug-likeness (QED) is 0.767. The molecule has 2 aromatic carbocycles. The van der Waals surface area contributed by atoms with Crippen molar-refractivity contribution in [1.82, 2.24) is 5.32 Å². The highest BCUT2D eigenvalue weighted by molar-refractivity contribution is 7.99. The van der Waals surface area contributed by atoms with Crippen molar-refractivity contribution in [3.63, 3.8) is 0 Å². The van der Waals surface area contributed by atoms with Crippen LogP contribution in [0, 0.1) is 0 Å². The highest BCUT2D eigenvalue weighted by Crippen LogP contribution is 2.35. The van der Waals surface area contributed by atoms with Crippen molar-refractivity contribution in [3.05, 3.63) is 60.2 Å². The highest BCUT2D eigenvalue weighted by Gasteiger charge is 2.34. The van der Waals surface area contributed by atoms with Gasteiger partial charge in [0.25, 0.3) is 0 Å². The lowest BCUT2D eigenvalue weighted by Gasteiger charge is -2.38. The first-order valence-electron chi connectivity index (χ1n) is 10.6. The summed E-state index contributed by atoms with van der Waals surface area (Å²) in [6.45, 7) is 2.68. The molecule has 4 rings (SSSR count). The van der Waals surface area contributed by atoms with Crippen LogP contribution in [-0.4, -0.2) is 43.9 Å². The molecule has 30 heavy (non-hydrogen) atoms. The normalized spacial score (nSPS) is 17.8. The Morgan fingerprint density at radius 2 is 1.73 bits per heavy atom. The predicted octanol–water partition coefficient (Wildman–Crippen LogP) is 3.77. The molecule has 2 amide bonds. The fourth-order valence-corrected chi connectivity index (χ4v) is 5.26. The van der Waals surface area contributed by atoms with Crippen molar-refractivity contribution in [2.75, 3.05) is 37.0 Å². The standard InChI is InChI=1S/C24H28N2O3S/c27-22(10-11-23(28)26-14-17-30-21-9-5-4-8-20(21)26)25-18-24(12-15-29-16-13-24)19-6-2-1-3-7-19/h1-9H,10-18H2,(H,25,27). The number of para-hydroxylation sites is 1. The molecule has 1 fully saturated rings. The zero-order valence-electron chi connectivity index (χ0n) is 17.1. The number of thioether (sulfide) groups is 1. The molecule has 0 unspecified atom stereocenters. The Bertz CT molecular complexity index is 881. The van der Waals surface area contributed by atoms with Gasteiger partial charge in [-0.05, 0) is 30.5 Å². The number of carbonyl (C=O) groups is 2. The second kappa shape index (κ2) is 9.67. The molecule has 1 N–H and O–H groups in total. The van der Waals surface area contributed by atoms with Gasteiger partial charge in [0.2, 0.25) is 11.8 Å². The summed E-state index contributed by atoms with van der Waals surface area (Å²) in [5.41, 5.74) is 2.11. The van der Waals surface area contributed by atoms with Crippen LogP contribution in [-0.2, 0) is 19.7 Å². The summed E-state index contributed by atoms with van der Waals surface area (Å²) in [5, 5.41) is 3.10. The van der Waals surface area contributed by atoms with Gasteiger partial charge in [-0.1, -0.05) is 42.5 Å². The summed E-state index contributed by atoms with van der Waals surface area (Å²) in [4.78, 5) is 28.3. The molecular formula is C24H28N2O3S. The van der Waals surface area contributed by atoms with Gasteiger partial charge in [0, 0.05) is 55.2 Å². The third-order valence-corrected chi connectivity index (χ3v) is 7.10. The average molecular weight is 425 g/mol. The van der Waals surface area contributed by atoms with Crippen LogP contribution in [0.3, 0.4) is 0 Å². The largest absolute Gasteiger partial charge is 0.381 e. The van der Waals surface area contributed by atoms with E-state index in [1.165, 1.54) is 5.56 Å². The summed E-state index contributed by atoms with van der Waals surface area (Å²) in [6, 6.07) is 18.3. The van der Waals surface area contributed by atoms with Crippen molar-refractivity contribution in [3.8, 4) is 0 Å². The van der Waals surface area contributed by atoms with E-state index < -0.39 is 0 Å². The molecule has 0 saturated carbocycles. The van der Waals surface area contributed by atoms with Crippen molar-refractivity contribution in [2.24, 2.45) is 0 Å². The molecular weight excluding hydrogens is 396 g/mol. The van der Waals surface area contributed by atoms with E-state index in [0.29, 0.717) is 26.3 Å². The summed E-state index contributed by atoms with van der Waals surface area (Å²) < 4.78 is 5.56. The molecule has 1 saturated heterocycles. The molecule has 158 valence electrons.